The van der Waals surface area contributed by atoms with E-state index in [1.54, 1.807) is 0 Å². The molecular weight excluding hydrogens is 444 g/mol. The SMILES string of the molecule is O=C(NC1CCc2ccccc21)c1cc(S(=O)(=O)N2CCCc3ccccc32)ccc1Cl. The van der Waals surface area contributed by atoms with E-state index in [1.165, 1.54) is 28.1 Å². The predicted octanol–water partition coefficient (Wildman–Crippen LogP) is 4.90. The minimum atomic E-state index is -3.83. The molecule has 5 nitrogen and oxygen atoms in total. The van der Waals surface area contributed by atoms with E-state index in [-0.39, 0.29) is 27.4 Å². The molecule has 0 radical (unpaired) electrons. The van der Waals surface area contributed by atoms with E-state index in [9.17, 15) is 13.2 Å². The van der Waals surface area contributed by atoms with E-state index >= 15 is 0 Å². The van der Waals surface area contributed by atoms with Crippen LogP contribution in [0.25, 0.3) is 0 Å². The van der Waals surface area contributed by atoms with E-state index in [4.69, 9.17) is 11.6 Å². The summed E-state index contributed by atoms with van der Waals surface area (Å²) >= 11 is 6.32. The Labute approximate surface area is 193 Å². The third-order valence-corrected chi connectivity index (χ3v) is 8.42. The van der Waals surface area contributed by atoms with Crippen molar-refractivity contribution < 1.29 is 13.2 Å². The first kappa shape index (κ1) is 21.0. The van der Waals surface area contributed by atoms with Crippen molar-refractivity contribution in [3.05, 3.63) is 94.0 Å². The van der Waals surface area contributed by atoms with Crippen LogP contribution in [-0.4, -0.2) is 20.9 Å². The summed E-state index contributed by atoms with van der Waals surface area (Å²) < 4.78 is 28.4. The largest absolute Gasteiger partial charge is 0.345 e. The molecule has 3 aromatic rings. The lowest BCUT2D eigenvalue weighted by atomic mass is 10.0. The molecule has 32 heavy (non-hydrogen) atoms. The molecule has 1 aliphatic heterocycles. The topological polar surface area (TPSA) is 66.5 Å². The number of anilines is 1. The van der Waals surface area contributed by atoms with Crippen LogP contribution in [0.2, 0.25) is 5.02 Å². The smallest absolute Gasteiger partial charge is 0.264 e. The molecule has 0 aromatic heterocycles. The number of hydrogen-bond donors (Lipinski definition) is 1. The molecule has 164 valence electrons. The molecule has 1 unspecified atom stereocenters. The summed E-state index contributed by atoms with van der Waals surface area (Å²) in [6.07, 6.45) is 3.31. The van der Waals surface area contributed by atoms with Gasteiger partial charge >= 0.3 is 0 Å². The number of halogens is 1. The highest BCUT2D eigenvalue weighted by molar-refractivity contribution is 7.92. The molecule has 0 saturated heterocycles. The van der Waals surface area contributed by atoms with Crippen molar-refractivity contribution >= 4 is 33.2 Å². The summed E-state index contributed by atoms with van der Waals surface area (Å²) in [5, 5.41) is 3.26. The first-order chi connectivity index (χ1) is 15.4. The number of nitrogens with one attached hydrogen (secondary N) is 1. The van der Waals surface area contributed by atoms with Crippen LogP contribution >= 0.6 is 11.6 Å². The van der Waals surface area contributed by atoms with Crippen molar-refractivity contribution in [2.75, 3.05) is 10.8 Å². The number of carbonyl (C=O) groups excluding carboxylic acids is 1. The number of sulfonamides is 1. The Bertz CT molecular complexity index is 1310. The Hall–Kier alpha value is -2.83. The van der Waals surface area contributed by atoms with Crippen LogP contribution in [0.5, 0.6) is 0 Å². The van der Waals surface area contributed by atoms with Crippen LogP contribution in [0.15, 0.2) is 71.6 Å². The standard InChI is InChI=1S/C25H23ClN2O3S/c26-22-13-12-19(32(30,31)28-15-5-8-18-7-2-4-10-24(18)28)16-21(22)25(29)27-23-14-11-17-6-1-3-9-20(17)23/h1-4,6-7,9-10,12-13,16,23H,5,8,11,14-15H2,(H,27,29). The molecule has 3 aromatic carbocycles. The lowest BCUT2D eigenvalue weighted by Gasteiger charge is -2.30. The summed E-state index contributed by atoms with van der Waals surface area (Å²) in [4.78, 5) is 13.1. The third-order valence-electron chi connectivity index (χ3n) is 6.28. The van der Waals surface area contributed by atoms with E-state index < -0.39 is 10.0 Å². The highest BCUT2D eigenvalue weighted by Gasteiger charge is 2.30. The molecule has 0 spiro atoms. The van der Waals surface area contributed by atoms with Gasteiger partial charge in [-0.25, -0.2) is 8.42 Å². The number of aryl methyl sites for hydroxylation is 2. The zero-order valence-corrected chi connectivity index (χ0v) is 19.0. The molecule has 7 heteroatoms. The number of fused-ring (bicyclic) bond motifs is 2. The Balaban J connectivity index is 1.45. The Morgan fingerprint density at radius 2 is 1.72 bits per heavy atom. The predicted molar refractivity (Wildman–Crippen MR) is 126 cm³/mol. The molecule has 5 rings (SSSR count). The number of hydrogen-bond acceptors (Lipinski definition) is 3. The van der Waals surface area contributed by atoms with Crippen molar-refractivity contribution in [1.29, 1.82) is 0 Å². The number of benzene rings is 3. The quantitative estimate of drug-likeness (QED) is 0.594. The van der Waals surface area contributed by atoms with Gasteiger partial charge in [-0.15, -0.1) is 0 Å². The van der Waals surface area contributed by atoms with E-state index in [0.29, 0.717) is 12.2 Å². The Morgan fingerprint density at radius 3 is 2.56 bits per heavy atom. The number of nitrogens with zero attached hydrogens (tertiary/aromatic N) is 1. The van der Waals surface area contributed by atoms with Gasteiger partial charge in [-0.2, -0.15) is 0 Å². The number of para-hydroxylation sites is 1. The lowest BCUT2D eigenvalue weighted by molar-refractivity contribution is 0.0936. The third kappa shape index (κ3) is 3.67. The molecule has 1 N–H and O–H groups in total. The summed E-state index contributed by atoms with van der Waals surface area (Å²) in [5.41, 5.74) is 4.20. The fraction of sp³-hybridized carbons (Fsp3) is 0.240. The molecule has 0 fully saturated rings. The van der Waals surface area contributed by atoms with Crippen LogP contribution in [0.1, 0.15) is 45.9 Å². The van der Waals surface area contributed by atoms with Gasteiger partial charge in [0, 0.05) is 6.54 Å². The molecule has 1 atom stereocenters. The maximum atomic E-state index is 13.5. The van der Waals surface area contributed by atoms with Gasteiger partial charge in [0.2, 0.25) is 0 Å². The zero-order valence-electron chi connectivity index (χ0n) is 17.4. The van der Waals surface area contributed by atoms with Crippen LogP contribution < -0.4 is 9.62 Å². The van der Waals surface area contributed by atoms with Crippen LogP contribution in [-0.2, 0) is 22.9 Å². The van der Waals surface area contributed by atoms with Gasteiger partial charge in [-0.1, -0.05) is 54.1 Å². The van der Waals surface area contributed by atoms with Gasteiger partial charge in [0.1, 0.15) is 0 Å². The van der Waals surface area contributed by atoms with Crippen LogP contribution in [0, 0.1) is 0 Å². The number of rotatable bonds is 4. The van der Waals surface area contributed by atoms with E-state index in [0.717, 1.165) is 36.8 Å². The van der Waals surface area contributed by atoms with E-state index in [2.05, 4.69) is 11.4 Å². The van der Waals surface area contributed by atoms with Gasteiger partial charge in [0.15, 0.2) is 0 Å². The molecular formula is C25H23ClN2O3S. The summed E-state index contributed by atoms with van der Waals surface area (Å²) in [7, 11) is -3.83. The highest BCUT2D eigenvalue weighted by Crippen LogP contribution is 2.34. The molecule has 1 amide bonds. The minimum Gasteiger partial charge on any atom is -0.345 e. The monoisotopic (exact) mass is 466 g/mol. The first-order valence-electron chi connectivity index (χ1n) is 10.7. The summed E-state index contributed by atoms with van der Waals surface area (Å²) in [6.45, 7) is 0.405. The average Bonchev–Trinajstić information content (AvgIpc) is 3.21. The Morgan fingerprint density at radius 1 is 0.969 bits per heavy atom. The normalized spacial score (nSPS) is 17.5. The first-order valence-corrected chi connectivity index (χ1v) is 12.6. The van der Waals surface area contributed by atoms with Crippen molar-refractivity contribution in [2.24, 2.45) is 0 Å². The maximum Gasteiger partial charge on any atom is 0.264 e. The number of carbonyl (C=O) groups is 1. The highest BCUT2D eigenvalue weighted by atomic mass is 35.5. The summed E-state index contributed by atoms with van der Waals surface area (Å²) in [5.74, 6) is -0.368. The van der Waals surface area contributed by atoms with Gasteiger partial charge in [0.05, 0.1) is 27.2 Å². The molecule has 1 heterocycles. The van der Waals surface area contributed by atoms with Crippen LogP contribution in [0.3, 0.4) is 0 Å². The molecule has 0 bridgehead atoms. The minimum absolute atomic E-state index is 0.0653. The van der Waals surface area contributed by atoms with Gasteiger partial charge in [0.25, 0.3) is 15.9 Å². The zero-order chi connectivity index (χ0) is 22.3. The van der Waals surface area contributed by atoms with E-state index in [1.807, 2.05) is 42.5 Å². The Kier molecular flexibility index (Phi) is 5.43. The van der Waals surface area contributed by atoms with Crippen molar-refractivity contribution in [1.82, 2.24) is 5.32 Å². The fourth-order valence-electron chi connectivity index (χ4n) is 4.66. The van der Waals surface area contributed by atoms with Crippen molar-refractivity contribution in [3.8, 4) is 0 Å². The summed E-state index contributed by atoms with van der Waals surface area (Å²) in [6, 6.07) is 19.8. The van der Waals surface area contributed by atoms with Gasteiger partial charge in [-0.05, 0) is 66.6 Å². The van der Waals surface area contributed by atoms with Crippen molar-refractivity contribution in [3.63, 3.8) is 0 Å². The second-order valence-corrected chi connectivity index (χ2v) is 10.5. The maximum absolute atomic E-state index is 13.5. The number of amides is 1. The van der Waals surface area contributed by atoms with Crippen LogP contribution in [0.4, 0.5) is 5.69 Å². The average molecular weight is 467 g/mol. The molecule has 1 aliphatic carbocycles. The van der Waals surface area contributed by atoms with Gasteiger partial charge < -0.3 is 5.32 Å². The lowest BCUT2D eigenvalue weighted by Crippen LogP contribution is -2.35. The van der Waals surface area contributed by atoms with Gasteiger partial charge in [-0.3, -0.25) is 9.10 Å². The second-order valence-electron chi connectivity index (χ2n) is 8.21. The van der Waals surface area contributed by atoms with Crippen molar-refractivity contribution in [2.45, 2.75) is 36.6 Å². The second kappa shape index (κ2) is 8.26. The molecule has 2 aliphatic rings. The molecule has 0 saturated carbocycles. The fourth-order valence-corrected chi connectivity index (χ4v) is 6.43.